The van der Waals surface area contributed by atoms with E-state index in [1.807, 2.05) is 47.4 Å². The molecule has 1 saturated heterocycles. The lowest BCUT2D eigenvalue weighted by Gasteiger charge is -2.15. The number of nitrogens with one attached hydrogen (secondary N) is 1. The highest BCUT2D eigenvalue weighted by molar-refractivity contribution is 7.97. The van der Waals surface area contributed by atoms with E-state index in [4.69, 9.17) is 0 Å². The van der Waals surface area contributed by atoms with Crippen LogP contribution in [0.3, 0.4) is 0 Å². The topological polar surface area (TPSA) is 49.4 Å². The van der Waals surface area contributed by atoms with Gasteiger partial charge in [0.2, 0.25) is 11.8 Å². The second-order valence-electron chi connectivity index (χ2n) is 6.20. The molecule has 3 rings (SSSR count). The predicted molar refractivity (Wildman–Crippen MR) is 109 cm³/mol. The van der Waals surface area contributed by atoms with E-state index < -0.39 is 0 Å². The number of benzene rings is 2. The molecule has 2 amide bonds. The van der Waals surface area contributed by atoms with Crippen LogP contribution in [0.5, 0.6) is 0 Å². The summed E-state index contributed by atoms with van der Waals surface area (Å²) < 4.78 is 0. The van der Waals surface area contributed by atoms with E-state index in [2.05, 4.69) is 17.6 Å². The van der Waals surface area contributed by atoms with Crippen LogP contribution in [-0.4, -0.2) is 24.6 Å². The Hall–Kier alpha value is -2.53. The van der Waals surface area contributed by atoms with E-state index >= 15 is 0 Å². The second kappa shape index (κ2) is 8.72. The maximum Gasteiger partial charge on any atom is 0.248 e. The minimum Gasteiger partial charge on any atom is -0.323 e. The van der Waals surface area contributed by atoms with E-state index in [9.17, 15) is 9.59 Å². The first-order valence-electron chi connectivity index (χ1n) is 8.63. The Morgan fingerprint density at radius 1 is 1.23 bits per heavy atom. The molecule has 0 aromatic heterocycles. The van der Waals surface area contributed by atoms with Crippen molar-refractivity contribution in [1.82, 2.24) is 0 Å². The van der Waals surface area contributed by atoms with Crippen LogP contribution in [0.15, 0.2) is 54.6 Å². The molecule has 5 heteroatoms. The van der Waals surface area contributed by atoms with Crippen LogP contribution < -0.4 is 10.2 Å². The molecule has 1 aliphatic rings. The van der Waals surface area contributed by atoms with Gasteiger partial charge in [-0.05, 0) is 54.1 Å². The van der Waals surface area contributed by atoms with Gasteiger partial charge < -0.3 is 10.2 Å². The van der Waals surface area contributed by atoms with E-state index in [0.717, 1.165) is 35.7 Å². The Balaban J connectivity index is 1.59. The highest BCUT2D eigenvalue weighted by atomic mass is 32.2. The molecule has 0 aliphatic carbocycles. The molecule has 0 unspecified atom stereocenters. The fourth-order valence-electron chi connectivity index (χ4n) is 2.95. The summed E-state index contributed by atoms with van der Waals surface area (Å²) in [7, 11) is 0. The van der Waals surface area contributed by atoms with Crippen molar-refractivity contribution in [3.63, 3.8) is 0 Å². The van der Waals surface area contributed by atoms with Crippen LogP contribution >= 0.6 is 11.8 Å². The molecule has 26 heavy (non-hydrogen) atoms. The summed E-state index contributed by atoms with van der Waals surface area (Å²) in [6.45, 7) is 0.784. The molecule has 1 N–H and O–H groups in total. The number of carbonyl (C=O) groups is 2. The van der Waals surface area contributed by atoms with Crippen molar-refractivity contribution in [2.75, 3.05) is 23.0 Å². The number of anilines is 2. The quantitative estimate of drug-likeness (QED) is 0.774. The third-order valence-corrected chi connectivity index (χ3v) is 4.83. The standard InChI is InChI=1S/C21H22N2O2S/c1-26-15-17-4-2-5-18(14-17)22-20(24)12-9-16-7-10-19(11-8-16)23-13-3-6-21(23)25/h2,4-5,7-12,14H,3,6,13,15H2,1H3,(H,22,24)/b12-9+. The molecule has 134 valence electrons. The van der Waals surface area contributed by atoms with Gasteiger partial charge in [0, 0.05) is 36.2 Å². The SMILES string of the molecule is CSCc1cccc(NC(=O)/C=C/c2ccc(N3CCCC3=O)cc2)c1. The smallest absolute Gasteiger partial charge is 0.248 e. The Labute approximate surface area is 158 Å². The summed E-state index contributed by atoms with van der Waals surface area (Å²) in [5.41, 5.74) is 3.83. The van der Waals surface area contributed by atoms with Gasteiger partial charge in [0.15, 0.2) is 0 Å². The molecule has 1 heterocycles. The summed E-state index contributed by atoms with van der Waals surface area (Å²) in [6.07, 6.45) is 6.89. The van der Waals surface area contributed by atoms with E-state index in [1.54, 1.807) is 17.8 Å². The largest absolute Gasteiger partial charge is 0.323 e. The van der Waals surface area contributed by atoms with Gasteiger partial charge >= 0.3 is 0 Å². The van der Waals surface area contributed by atoms with Crippen LogP contribution in [0.4, 0.5) is 11.4 Å². The Bertz CT molecular complexity index is 815. The van der Waals surface area contributed by atoms with Crippen molar-refractivity contribution < 1.29 is 9.59 Å². The Morgan fingerprint density at radius 2 is 2.04 bits per heavy atom. The van der Waals surface area contributed by atoms with Gasteiger partial charge in [-0.25, -0.2) is 0 Å². The van der Waals surface area contributed by atoms with Crippen LogP contribution in [0, 0.1) is 0 Å². The summed E-state index contributed by atoms with van der Waals surface area (Å²) >= 11 is 1.75. The average molecular weight is 366 g/mol. The van der Waals surface area contributed by atoms with Gasteiger partial charge in [0.25, 0.3) is 0 Å². The highest BCUT2D eigenvalue weighted by Gasteiger charge is 2.21. The van der Waals surface area contributed by atoms with Gasteiger partial charge in [0.05, 0.1) is 0 Å². The van der Waals surface area contributed by atoms with Crippen molar-refractivity contribution in [1.29, 1.82) is 0 Å². The summed E-state index contributed by atoms with van der Waals surface area (Å²) in [6, 6.07) is 15.6. The van der Waals surface area contributed by atoms with Crippen molar-refractivity contribution in [2.45, 2.75) is 18.6 Å². The lowest BCUT2D eigenvalue weighted by Crippen LogP contribution is -2.23. The lowest BCUT2D eigenvalue weighted by molar-refractivity contribution is -0.117. The normalized spacial score (nSPS) is 14.2. The number of carbonyl (C=O) groups excluding carboxylic acids is 2. The number of thioether (sulfide) groups is 1. The van der Waals surface area contributed by atoms with Crippen LogP contribution in [0.1, 0.15) is 24.0 Å². The predicted octanol–water partition coefficient (Wildman–Crippen LogP) is 4.33. The molecule has 4 nitrogen and oxygen atoms in total. The van der Waals surface area contributed by atoms with Crippen LogP contribution in [-0.2, 0) is 15.3 Å². The molecule has 0 atom stereocenters. The number of hydrogen-bond donors (Lipinski definition) is 1. The Morgan fingerprint density at radius 3 is 2.73 bits per heavy atom. The van der Waals surface area contributed by atoms with Crippen molar-refractivity contribution in [3.8, 4) is 0 Å². The number of nitrogens with zero attached hydrogens (tertiary/aromatic N) is 1. The second-order valence-corrected chi connectivity index (χ2v) is 7.06. The maximum absolute atomic E-state index is 12.1. The highest BCUT2D eigenvalue weighted by Crippen LogP contribution is 2.22. The molecule has 0 saturated carbocycles. The first-order valence-corrected chi connectivity index (χ1v) is 10.0. The zero-order chi connectivity index (χ0) is 18.4. The molecule has 2 aromatic carbocycles. The van der Waals surface area contributed by atoms with E-state index in [1.165, 1.54) is 11.6 Å². The molecule has 0 bridgehead atoms. The zero-order valence-corrected chi connectivity index (χ0v) is 15.6. The third-order valence-electron chi connectivity index (χ3n) is 4.21. The number of rotatable bonds is 6. The van der Waals surface area contributed by atoms with Gasteiger partial charge in [-0.3, -0.25) is 9.59 Å². The zero-order valence-electron chi connectivity index (χ0n) is 14.8. The fourth-order valence-corrected chi connectivity index (χ4v) is 3.46. The summed E-state index contributed by atoms with van der Waals surface area (Å²) in [5.74, 6) is 0.937. The minimum atomic E-state index is -0.162. The molecular weight excluding hydrogens is 344 g/mol. The molecule has 2 aromatic rings. The van der Waals surface area contributed by atoms with Crippen LogP contribution in [0.2, 0.25) is 0 Å². The van der Waals surface area contributed by atoms with Crippen molar-refractivity contribution in [3.05, 3.63) is 65.7 Å². The molecule has 1 fully saturated rings. The maximum atomic E-state index is 12.1. The first-order chi connectivity index (χ1) is 12.7. The van der Waals surface area contributed by atoms with Crippen LogP contribution in [0.25, 0.3) is 6.08 Å². The van der Waals surface area contributed by atoms with Crippen molar-refractivity contribution >= 4 is 41.0 Å². The van der Waals surface area contributed by atoms with Gasteiger partial charge in [-0.2, -0.15) is 11.8 Å². The van der Waals surface area contributed by atoms with Gasteiger partial charge in [-0.1, -0.05) is 24.3 Å². The summed E-state index contributed by atoms with van der Waals surface area (Å²) in [5, 5.41) is 2.89. The van der Waals surface area contributed by atoms with Gasteiger partial charge in [0.1, 0.15) is 0 Å². The Kier molecular flexibility index (Phi) is 6.12. The van der Waals surface area contributed by atoms with Crippen molar-refractivity contribution in [2.24, 2.45) is 0 Å². The molecule has 0 spiro atoms. The molecule has 1 aliphatic heterocycles. The van der Waals surface area contributed by atoms with Gasteiger partial charge in [-0.15, -0.1) is 0 Å². The minimum absolute atomic E-state index is 0.162. The monoisotopic (exact) mass is 366 g/mol. The van der Waals surface area contributed by atoms with E-state index in [-0.39, 0.29) is 11.8 Å². The molecule has 0 radical (unpaired) electrons. The van der Waals surface area contributed by atoms with E-state index in [0.29, 0.717) is 6.42 Å². The number of amides is 2. The average Bonchev–Trinajstić information content (AvgIpc) is 3.07. The number of hydrogen-bond acceptors (Lipinski definition) is 3. The fraction of sp³-hybridized carbons (Fsp3) is 0.238. The molecular formula is C21H22N2O2S. The first kappa shape index (κ1) is 18.3. The third kappa shape index (κ3) is 4.76. The summed E-state index contributed by atoms with van der Waals surface area (Å²) in [4.78, 5) is 25.7. The lowest BCUT2D eigenvalue weighted by atomic mass is 10.2.